The van der Waals surface area contributed by atoms with E-state index in [4.69, 9.17) is 4.98 Å². The van der Waals surface area contributed by atoms with E-state index in [2.05, 4.69) is 29.2 Å². The average molecular weight is 472 g/mol. The second-order valence-corrected chi connectivity index (χ2v) is 9.14. The fourth-order valence-electron chi connectivity index (χ4n) is 4.11. The van der Waals surface area contributed by atoms with Crippen molar-refractivity contribution in [3.63, 3.8) is 0 Å². The summed E-state index contributed by atoms with van der Waals surface area (Å²) in [6, 6.07) is 1.88. The van der Waals surface area contributed by atoms with E-state index in [1.807, 2.05) is 11.6 Å². The molecule has 0 atom stereocenters. The average Bonchev–Trinajstić information content (AvgIpc) is 3.45. The van der Waals surface area contributed by atoms with Gasteiger partial charge in [0.05, 0.1) is 11.8 Å². The highest BCUT2D eigenvalue weighted by atomic mass is 32.1. The van der Waals surface area contributed by atoms with E-state index in [1.165, 1.54) is 4.90 Å². The smallest absolute Gasteiger partial charge is 0.407 e. The van der Waals surface area contributed by atoms with Gasteiger partial charge < -0.3 is 20.2 Å². The molecule has 0 radical (unpaired) electrons. The first-order chi connectivity index (χ1) is 15.9. The van der Waals surface area contributed by atoms with Crippen LogP contribution < -0.4 is 5.32 Å². The first kappa shape index (κ1) is 23.0. The Hall–Kier alpha value is -3.21. The summed E-state index contributed by atoms with van der Waals surface area (Å²) in [5.74, 6) is 0.915. The lowest BCUT2D eigenvalue weighted by Crippen LogP contribution is -2.47. The number of carboxylic acid groups (broad SMARTS) is 1. The van der Waals surface area contributed by atoms with Crippen LogP contribution in [0.25, 0.3) is 16.2 Å². The number of likely N-dealkylation sites (tertiary alicyclic amines) is 1. The molecule has 33 heavy (non-hydrogen) atoms. The molecule has 4 heterocycles. The molecule has 10 nitrogen and oxygen atoms in total. The minimum atomic E-state index is -0.946. The molecule has 0 bridgehead atoms. The van der Waals surface area contributed by atoms with Crippen molar-refractivity contribution in [2.45, 2.75) is 51.6 Å². The van der Waals surface area contributed by atoms with Crippen LogP contribution in [0.15, 0.2) is 23.8 Å². The van der Waals surface area contributed by atoms with Gasteiger partial charge in [0.2, 0.25) is 0 Å². The molecular formula is C22H29N7O3S. The van der Waals surface area contributed by atoms with Crippen molar-refractivity contribution in [3.05, 3.63) is 29.5 Å². The summed E-state index contributed by atoms with van der Waals surface area (Å²) in [5.41, 5.74) is 1.11. The highest BCUT2D eigenvalue weighted by Crippen LogP contribution is 2.27. The molecule has 11 heteroatoms. The first-order valence-electron chi connectivity index (χ1n) is 11.2. The van der Waals surface area contributed by atoms with Gasteiger partial charge in [-0.2, -0.15) is 5.10 Å². The molecule has 2 N–H and O–H groups in total. The molecular weight excluding hydrogens is 442 g/mol. The van der Waals surface area contributed by atoms with E-state index >= 15 is 0 Å². The lowest BCUT2D eigenvalue weighted by atomic mass is 10.0. The first-order valence-corrected chi connectivity index (χ1v) is 12.1. The van der Waals surface area contributed by atoms with Gasteiger partial charge in [-0.3, -0.25) is 4.79 Å². The molecule has 0 aromatic carbocycles. The van der Waals surface area contributed by atoms with E-state index in [9.17, 15) is 14.7 Å². The van der Waals surface area contributed by atoms with Crippen LogP contribution in [0.1, 0.15) is 50.0 Å². The number of hydrogen-bond donors (Lipinski definition) is 2. The third-order valence-corrected chi connectivity index (χ3v) is 7.14. The van der Waals surface area contributed by atoms with Gasteiger partial charge in [0.25, 0.3) is 5.91 Å². The fraction of sp³-hybridized carbons (Fsp3) is 0.500. The number of carbonyl (C=O) groups is 2. The normalized spacial score (nSPS) is 14.7. The molecule has 3 aromatic heterocycles. The van der Waals surface area contributed by atoms with Crippen LogP contribution in [0.5, 0.6) is 0 Å². The Bertz CT molecular complexity index is 1130. The van der Waals surface area contributed by atoms with Gasteiger partial charge in [-0.1, -0.05) is 13.8 Å². The Labute approximate surface area is 196 Å². The van der Waals surface area contributed by atoms with Crippen LogP contribution in [0.3, 0.4) is 0 Å². The quantitative estimate of drug-likeness (QED) is 0.540. The molecule has 176 valence electrons. The van der Waals surface area contributed by atoms with Crippen molar-refractivity contribution in [2.75, 3.05) is 25.5 Å². The second-order valence-electron chi connectivity index (χ2n) is 8.25. The molecule has 2 amide bonds. The van der Waals surface area contributed by atoms with E-state index in [1.54, 1.807) is 40.1 Å². The minimum Gasteiger partial charge on any atom is -0.465 e. The van der Waals surface area contributed by atoms with Crippen LogP contribution in [0, 0.1) is 0 Å². The Kier molecular flexibility index (Phi) is 6.77. The van der Waals surface area contributed by atoms with Gasteiger partial charge in [0, 0.05) is 49.9 Å². The molecule has 0 aliphatic carbocycles. The lowest BCUT2D eigenvalue weighted by molar-refractivity contribution is 0.0638. The van der Waals surface area contributed by atoms with Crippen molar-refractivity contribution in [1.29, 1.82) is 0 Å². The summed E-state index contributed by atoms with van der Waals surface area (Å²) in [6.45, 7) is 5.19. The van der Waals surface area contributed by atoms with Gasteiger partial charge >= 0.3 is 6.09 Å². The Morgan fingerprint density at radius 2 is 2.00 bits per heavy atom. The van der Waals surface area contributed by atoms with Crippen LogP contribution in [-0.2, 0) is 0 Å². The zero-order valence-electron chi connectivity index (χ0n) is 19.1. The molecule has 1 saturated heterocycles. The lowest BCUT2D eigenvalue weighted by Gasteiger charge is -2.35. The summed E-state index contributed by atoms with van der Waals surface area (Å²) in [5, 5.41) is 19.0. The highest BCUT2D eigenvalue weighted by molar-refractivity contribution is 7.16. The zero-order valence-corrected chi connectivity index (χ0v) is 19.9. The predicted molar refractivity (Wildman–Crippen MR) is 127 cm³/mol. The number of nitrogens with one attached hydrogen (secondary N) is 1. The Balaban J connectivity index is 1.62. The second kappa shape index (κ2) is 9.74. The van der Waals surface area contributed by atoms with E-state index in [0.717, 1.165) is 23.2 Å². The monoisotopic (exact) mass is 471 g/mol. The number of fused-ring (bicyclic) bond motifs is 1. The number of amides is 2. The van der Waals surface area contributed by atoms with Crippen LogP contribution in [-0.4, -0.2) is 78.7 Å². The van der Waals surface area contributed by atoms with Crippen molar-refractivity contribution in [2.24, 2.45) is 0 Å². The number of nitrogens with zero attached hydrogens (tertiary/aromatic N) is 6. The third kappa shape index (κ3) is 4.77. The number of hydrogen-bond acceptors (Lipinski definition) is 7. The van der Waals surface area contributed by atoms with Crippen molar-refractivity contribution in [3.8, 4) is 11.4 Å². The molecule has 4 rings (SSSR count). The highest BCUT2D eigenvalue weighted by Gasteiger charge is 2.29. The maximum Gasteiger partial charge on any atom is 0.407 e. The Morgan fingerprint density at radius 1 is 1.27 bits per heavy atom. The van der Waals surface area contributed by atoms with Gasteiger partial charge in [-0.05, 0) is 25.7 Å². The van der Waals surface area contributed by atoms with Crippen molar-refractivity contribution >= 4 is 34.0 Å². The topological polar surface area (TPSA) is 116 Å². The number of piperidine rings is 1. The Morgan fingerprint density at radius 3 is 2.67 bits per heavy atom. The van der Waals surface area contributed by atoms with Crippen LogP contribution in [0.4, 0.5) is 10.6 Å². The predicted octanol–water partition coefficient (Wildman–Crippen LogP) is 3.67. The summed E-state index contributed by atoms with van der Waals surface area (Å²) < 4.78 is 1.77. The van der Waals surface area contributed by atoms with E-state index < -0.39 is 6.09 Å². The zero-order chi connectivity index (χ0) is 23.5. The van der Waals surface area contributed by atoms with Gasteiger partial charge in [-0.15, -0.1) is 11.3 Å². The summed E-state index contributed by atoms with van der Waals surface area (Å²) in [7, 11) is 1.58. The standard InChI is InChI=1S/C22H29N7O3S/c1-4-14(5-2)24-18-12-17(20(30)28-8-6-15(7-9-28)27(3)22(31)32)25-19(26-18)16-13-23-29-10-11-33-21(16)29/h10-15H,4-9H2,1-3H3,(H,31,32)(H,24,25,26). The van der Waals surface area contributed by atoms with E-state index in [-0.39, 0.29) is 18.0 Å². The van der Waals surface area contributed by atoms with Crippen LogP contribution >= 0.6 is 11.3 Å². The summed E-state index contributed by atoms with van der Waals surface area (Å²) in [6.07, 6.45) is 5.73. The molecule has 1 aliphatic rings. The van der Waals surface area contributed by atoms with Crippen molar-refractivity contribution < 1.29 is 14.7 Å². The third-order valence-electron chi connectivity index (χ3n) is 6.26. The van der Waals surface area contributed by atoms with Gasteiger partial charge in [-0.25, -0.2) is 19.3 Å². The van der Waals surface area contributed by atoms with Gasteiger partial charge in [0.15, 0.2) is 5.82 Å². The van der Waals surface area contributed by atoms with E-state index in [0.29, 0.717) is 43.3 Å². The van der Waals surface area contributed by atoms with Crippen LogP contribution in [0.2, 0.25) is 0 Å². The molecule has 0 saturated carbocycles. The van der Waals surface area contributed by atoms with Crippen molar-refractivity contribution in [1.82, 2.24) is 29.4 Å². The number of thiazole rings is 1. The fourth-order valence-corrected chi connectivity index (χ4v) is 4.90. The largest absolute Gasteiger partial charge is 0.465 e. The maximum atomic E-state index is 13.4. The number of rotatable bonds is 7. The minimum absolute atomic E-state index is 0.0841. The molecule has 0 spiro atoms. The summed E-state index contributed by atoms with van der Waals surface area (Å²) >= 11 is 1.54. The molecule has 3 aromatic rings. The van der Waals surface area contributed by atoms with Gasteiger partial charge in [0.1, 0.15) is 16.3 Å². The number of anilines is 1. The molecule has 1 fully saturated rings. The number of aromatic nitrogens is 4. The SMILES string of the molecule is CCC(CC)Nc1cc(C(=O)N2CCC(N(C)C(=O)O)CC2)nc(-c2cnn3ccsc23)n1. The summed E-state index contributed by atoms with van der Waals surface area (Å²) in [4.78, 5) is 38.0. The molecule has 0 unspecified atom stereocenters. The number of carbonyl (C=O) groups excluding carboxylic acids is 1. The maximum absolute atomic E-state index is 13.4. The molecule has 1 aliphatic heterocycles.